The predicted molar refractivity (Wildman–Crippen MR) is 124 cm³/mol. The smallest absolute Gasteiger partial charge is 0.191 e. The van der Waals surface area contributed by atoms with Crippen LogP contribution in [0, 0.1) is 0 Å². The van der Waals surface area contributed by atoms with Crippen molar-refractivity contribution in [3.05, 3.63) is 29.8 Å². The van der Waals surface area contributed by atoms with E-state index in [2.05, 4.69) is 44.8 Å². The van der Waals surface area contributed by atoms with Gasteiger partial charge in [0.2, 0.25) is 0 Å². The minimum Gasteiger partial charge on any atom is -0.487 e. The molecule has 3 aliphatic heterocycles. The number of nitrogens with zero attached hydrogens (tertiary/aromatic N) is 2. The van der Waals surface area contributed by atoms with Crippen LogP contribution in [0.15, 0.2) is 29.3 Å². The Morgan fingerprint density at radius 2 is 1.81 bits per heavy atom. The monoisotopic (exact) mass is 426 g/mol. The third kappa shape index (κ3) is 4.29. The Hall–Kier alpha value is -1.79. The summed E-state index contributed by atoms with van der Waals surface area (Å²) in [6, 6.07) is 8.76. The first-order chi connectivity index (χ1) is 15.2. The van der Waals surface area contributed by atoms with E-state index < -0.39 is 0 Å². The van der Waals surface area contributed by atoms with Crippen LogP contribution < -0.4 is 15.4 Å². The van der Waals surface area contributed by atoms with E-state index in [0.717, 1.165) is 63.6 Å². The first-order valence-electron chi connectivity index (χ1n) is 12.3. The standard InChI is InChI=1S/C25H38N4O2/c1-26-23(27-19-24(12-16-30-17-13-24)29-14-6-7-15-29)28-21-18-25(10-4-5-11-25)31-22-9-3-2-8-20(21)22/h2-3,8-9,21H,4-7,10-19H2,1H3,(H2,26,27,28). The number of aliphatic imine (C=N–C) groups is 1. The number of hydrogen-bond donors (Lipinski definition) is 2. The zero-order chi connectivity index (χ0) is 21.2. The molecule has 170 valence electrons. The molecule has 1 aliphatic carbocycles. The third-order valence-corrected chi connectivity index (χ3v) is 8.03. The average molecular weight is 427 g/mol. The van der Waals surface area contributed by atoms with E-state index in [9.17, 15) is 0 Å². The van der Waals surface area contributed by atoms with Crippen LogP contribution in [-0.2, 0) is 4.74 Å². The molecule has 1 atom stereocenters. The minimum absolute atomic E-state index is 0.0116. The molecule has 3 heterocycles. The van der Waals surface area contributed by atoms with Crippen LogP contribution in [0.4, 0.5) is 0 Å². The summed E-state index contributed by atoms with van der Waals surface area (Å²) in [5.41, 5.74) is 1.43. The Morgan fingerprint density at radius 3 is 2.55 bits per heavy atom. The highest BCUT2D eigenvalue weighted by Crippen LogP contribution is 2.47. The Balaban J connectivity index is 1.30. The summed E-state index contributed by atoms with van der Waals surface area (Å²) in [6.07, 6.45) is 10.7. The summed E-state index contributed by atoms with van der Waals surface area (Å²) in [6.45, 7) is 5.07. The van der Waals surface area contributed by atoms with Gasteiger partial charge in [-0.1, -0.05) is 18.2 Å². The second kappa shape index (κ2) is 8.99. The molecular formula is C25H38N4O2. The van der Waals surface area contributed by atoms with Crippen LogP contribution in [0.5, 0.6) is 5.75 Å². The molecule has 6 nitrogen and oxygen atoms in total. The van der Waals surface area contributed by atoms with Crippen molar-refractivity contribution in [2.45, 2.75) is 75.0 Å². The van der Waals surface area contributed by atoms with Gasteiger partial charge in [0.25, 0.3) is 0 Å². The summed E-state index contributed by atoms with van der Waals surface area (Å²) in [4.78, 5) is 7.32. The van der Waals surface area contributed by atoms with Gasteiger partial charge in [0.15, 0.2) is 5.96 Å². The number of para-hydroxylation sites is 1. The molecule has 3 fully saturated rings. The second-order valence-electron chi connectivity index (χ2n) is 9.89. The maximum atomic E-state index is 6.54. The van der Waals surface area contributed by atoms with Gasteiger partial charge in [0, 0.05) is 44.3 Å². The molecule has 0 radical (unpaired) electrons. The van der Waals surface area contributed by atoms with Crippen LogP contribution in [0.25, 0.3) is 0 Å². The van der Waals surface area contributed by atoms with E-state index in [0.29, 0.717) is 0 Å². The molecule has 1 saturated carbocycles. The van der Waals surface area contributed by atoms with Gasteiger partial charge in [0.05, 0.1) is 6.04 Å². The van der Waals surface area contributed by atoms with Crippen LogP contribution in [0.2, 0.25) is 0 Å². The Bertz CT molecular complexity index is 777. The van der Waals surface area contributed by atoms with E-state index in [1.165, 1.54) is 44.3 Å². The van der Waals surface area contributed by atoms with Crippen molar-refractivity contribution in [3.63, 3.8) is 0 Å². The lowest BCUT2D eigenvalue weighted by Gasteiger charge is -2.45. The molecule has 0 bridgehead atoms. The van der Waals surface area contributed by atoms with Gasteiger partial charge in [-0.05, 0) is 70.5 Å². The summed E-state index contributed by atoms with van der Waals surface area (Å²) < 4.78 is 12.3. The van der Waals surface area contributed by atoms with Gasteiger partial charge in [-0.3, -0.25) is 9.89 Å². The maximum Gasteiger partial charge on any atom is 0.191 e. The molecule has 31 heavy (non-hydrogen) atoms. The Labute approximate surface area is 186 Å². The molecule has 1 unspecified atom stereocenters. The van der Waals surface area contributed by atoms with Gasteiger partial charge in [0.1, 0.15) is 11.4 Å². The predicted octanol–water partition coefficient (Wildman–Crippen LogP) is 3.63. The van der Waals surface area contributed by atoms with Crippen LogP contribution in [0.3, 0.4) is 0 Å². The lowest BCUT2D eigenvalue weighted by Crippen LogP contribution is -2.59. The molecule has 0 amide bonds. The van der Waals surface area contributed by atoms with Crippen molar-refractivity contribution in [1.29, 1.82) is 0 Å². The van der Waals surface area contributed by atoms with Gasteiger partial charge in [-0.15, -0.1) is 0 Å². The van der Waals surface area contributed by atoms with Gasteiger partial charge < -0.3 is 20.1 Å². The SMILES string of the molecule is CN=C(NCC1(N2CCCC2)CCOCC1)NC1CC2(CCCC2)Oc2ccccc21. The number of fused-ring (bicyclic) bond motifs is 1. The molecular weight excluding hydrogens is 388 g/mol. The molecule has 4 aliphatic rings. The summed E-state index contributed by atoms with van der Waals surface area (Å²) in [5, 5.41) is 7.48. The number of nitrogens with one attached hydrogen (secondary N) is 2. The summed E-state index contributed by atoms with van der Waals surface area (Å²) in [5.74, 6) is 1.95. The summed E-state index contributed by atoms with van der Waals surface area (Å²) >= 11 is 0. The molecule has 1 spiro atoms. The lowest BCUT2D eigenvalue weighted by atomic mass is 9.86. The molecule has 1 aromatic carbocycles. The van der Waals surface area contributed by atoms with E-state index in [4.69, 9.17) is 9.47 Å². The first kappa shape index (κ1) is 21.1. The molecule has 6 heteroatoms. The molecule has 1 aromatic rings. The fraction of sp³-hybridized carbons (Fsp3) is 0.720. The van der Waals surface area contributed by atoms with E-state index >= 15 is 0 Å². The lowest BCUT2D eigenvalue weighted by molar-refractivity contribution is -0.0164. The zero-order valence-electron chi connectivity index (χ0n) is 19.0. The van der Waals surface area contributed by atoms with E-state index in [1.54, 1.807) is 0 Å². The average Bonchev–Trinajstić information content (AvgIpc) is 3.50. The van der Waals surface area contributed by atoms with Crippen LogP contribution in [0.1, 0.15) is 69.4 Å². The highest BCUT2D eigenvalue weighted by atomic mass is 16.5. The number of hydrogen-bond acceptors (Lipinski definition) is 4. The third-order valence-electron chi connectivity index (χ3n) is 8.03. The number of guanidine groups is 1. The quantitative estimate of drug-likeness (QED) is 0.569. The molecule has 0 aromatic heterocycles. The molecule has 2 N–H and O–H groups in total. The fourth-order valence-corrected chi connectivity index (χ4v) is 6.23. The minimum atomic E-state index is -0.0116. The number of likely N-dealkylation sites (tertiary alicyclic amines) is 1. The topological polar surface area (TPSA) is 58.1 Å². The van der Waals surface area contributed by atoms with Crippen molar-refractivity contribution >= 4 is 5.96 Å². The van der Waals surface area contributed by atoms with Crippen molar-refractivity contribution in [2.75, 3.05) is 39.9 Å². The first-order valence-corrected chi connectivity index (χ1v) is 12.3. The number of ether oxygens (including phenoxy) is 2. The Morgan fingerprint density at radius 1 is 1.06 bits per heavy atom. The fourth-order valence-electron chi connectivity index (χ4n) is 6.23. The zero-order valence-corrected chi connectivity index (χ0v) is 19.0. The van der Waals surface area contributed by atoms with Gasteiger partial charge in [-0.25, -0.2) is 0 Å². The van der Waals surface area contributed by atoms with Gasteiger partial charge >= 0.3 is 0 Å². The van der Waals surface area contributed by atoms with E-state index in [-0.39, 0.29) is 17.2 Å². The summed E-state index contributed by atoms with van der Waals surface area (Å²) in [7, 11) is 1.89. The highest BCUT2D eigenvalue weighted by Gasteiger charge is 2.44. The highest BCUT2D eigenvalue weighted by molar-refractivity contribution is 5.80. The van der Waals surface area contributed by atoms with Crippen molar-refractivity contribution < 1.29 is 9.47 Å². The maximum absolute atomic E-state index is 6.54. The number of rotatable bonds is 4. The number of benzene rings is 1. The normalized spacial score (nSPS) is 27.6. The largest absolute Gasteiger partial charge is 0.487 e. The molecule has 2 saturated heterocycles. The van der Waals surface area contributed by atoms with Crippen molar-refractivity contribution in [2.24, 2.45) is 4.99 Å². The van der Waals surface area contributed by atoms with Gasteiger partial charge in [-0.2, -0.15) is 0 Å². The Kier molecular flexibility index (Phi) is 6.11. The van der Waals surface area contributed by atoms with E-state index in [1.807, 2.05) is 7.05 Å². The van der Waals surface area contributed by atoms with Crippen molar-refractivity contribution in [1.82, 2.24) is 15.5 Å². The second-order valence-corrected chi connectivity index (χ2v) is 9.89. The van der Waals surface area contributed by atoms with Crippen LogP contribution in [-0.4, -0.2) is 61.9 Å². The molecule has 5 rings (SSSR count). The van der Waals surface area contributed by atoms with Crippen molar-refractivity contribution in [3.8, 4) is 5.75 Å². The van der Waals surface area contributed by atoms with Crippen LogP contribution >= 0.6 is 0 Å².